The summed E-state index contributed by atoms with van der Waals surface area (Å²) in [5, 5.41) is 10.3. The summed E-state index contributed by atoms with van der Waals surface area (Å²) in [7, 11) is 2.02. The number of fused-ring (bicyclic) bond motifs is 4. The van der Waals surface area contributed by atoms with Crippen molar-refractivity contribution in [2.45, 2.75) is 10.9 Å². The standard InChI is InChI=1S/C20H25N3O4S/c1-21-9-18(16-4-2-3-5-17(16)21)28-13-19(24)23-7-14-6-22(10-20(25)26)15(8-23)12-27-11-14/h2-5,9,14-15H,6-8,10-13H2,1H3,(H,25,26)/t14-,15+/m1/s1. The van der Waals surface area contributed by atoms with E-state index in [4.69, 9.17) is 4.74 Å². The van der Waals surface area contributed by atoms with E-state index >= 15 is 0 Å². The predicted octanol–water partition coefficient (Wildman–Crippen LogP) is 1.51. The van der Waals surface area contributed by atoms with Crippen LogP contribution in [-0.2, 0) is 21.4 Å². The van der Waals surface area contributed by atoms with Crippen LogP contribution in [0.3, 0.4) is 0 Å². The van der Waals surface area contributed by atoms with E-state index in [2.05, 4.69) is 22.9 Å². The van der Waals surface area contributed by atoms with Gasteiger partial charge in [-0.2, -0.15) is 0 Å². The Bertz CT molecular complexity index is 883. The first-order valence-corrected chi connectivity index (χ1v) is 10.5. The van der Waals surface area contributed by atoms with Crippen LogP contribution in [0.25, 0.3) is 10.9 Å². The summed E-state index contributed by atoms with van der Waals surface area (Å²) in [4.78, 5) is 29.1. The van der Waals surface area contributed by atoms with Crippen LogP contribution in [-0.4, -0.2) is 82.5 Å². The molecule has 0 unspecified atom stereocenters. The topological polar surface area (TPSA) is 75.0 Å². The average molecular weight is 404 g/mol. The Morgan fingerprint density at radius 2 is 2.04 bits per heavy atom. The van der Waals surface area contributed by atoms with E-state index in [9.17, 15) is 14.7 Å². The number of hydrogen-bond donors (Lipinski definition) is 1. The molecule has 2 bridgehead atoms. The first-order valence-electron chi connectivity index (χ1n) is 9.49. The van der Waals surface area contributed by atoms with Crippen LogP contribution in [0.2, 0.25) is 0 Å². The maximum atomic E-state index is 12.9. The fourth-order valence-electron chi connectivity index (χ4n) is 4.15. The van der Waals surface area contributed by atoms with Crippen LogP contribution in [0.1, 0.15) is 0 Å². The number of aliphatic carboxylic acids is 1. The number of para-hydroxylation sites is 1. The summed E-state index contributed by atoms with van der Waals surface area (Å²) in [5.74, 6) is -0.199. The normalized spacial score (nSPS) is 23.0. The Balaban J connectivity index is 1.44. The largest absolute Gasteiger partial charge is 0.480 e. The van der Waals surface area contributed by atoms with E-state index in [1.807, 2.05) is 29.0 Å². The van der Waals surface area contributed by atoms with Gasteiger partial charge in [0.15, 0.2) is 0 Å². The Morgan fingerprint density at radius 1 is 1.21 bits per heavy atom. The lowest BCUT2D eigenvalue weighted by Gasteiger charge is -2.30. The van der Waals surface area contributed by atoms with E-state index in [1.165, 1.54) is 0 Å². The van der Waals surface area contributed by atoms with Crippen LogP contribution in [0.15, 0.2) is 35.4 Å². The molecule has 2 atom stereocenters. The molecule has 0 aliphatic carbocycles. The van der Waals surface area contributed by atoms with Crippen LogP contribution in [0.5, 0.6) is 0 Å². The van der Waals surface area contributed by atoms with Gasteiger partial charge in [-0.1, -0.05) is 18.2 Å². The number of carboxylic acid groups (broad SMARTS) is 1. The minimum atomic E-state index is -0.836. The molecule has 1 aromatic heterocycles. The Labute approximate surface area is 168 Å². The highest BCUT2D eigenvalue weighted by Gasteiger charge is 2.35. The predicted molar refractivity (Wildman–Crippen MR) is 108 cm³/mol. The zero-order valence-electron chi connectivity index (χ0n) is 15.9. The van der Waals surface area contributed by atoms with Crippen molar-refractivity contribution < 1.29 is 19.4 Å². The van der Waals surface area contributed by atoms with Gasteiger partial charge >= 0.3 is 5.97 Å². The van der Waals surface area contributed by atoms with Crippen molar-refractivity contribution >= 4 is 34.5 Å². The number of rotatable bonds is 5. The van der Waals surface area contributed by atoms with E-state index in [0.29, 0.717) is 38.6 Å². The van der Waals surface area contributed by atoms with Gasteiger partial charge in [-0.15, -0.1) is 11.8 Å². The lowest BCUT2D eigenvalue weighted by Crippen LogP contribution is -2.47. The molecule has 7 nitrogen and oxygen atoms in total. The number of aryl methyl sites for hydroxylation is 1. The number of carbonyl (C=O) groups is 2. The van der Waals surface area contributed by atoms with Crippen LogP contribution in [0, 0.1) is 5.92 Å². The smallest absolute Gasteiger partial charge is 0.317 e. The molecule has 2 aliphatic heterocycles. The third-order valence-electron chi connectivity index (χ3n) is 5.49. The van der Waals surface area contributed by atoms with Crippen molar-refractivity contribution in [3.63, 3.8) is 0 Å². The molecular weight excluding hydrogens is 378 g/mol. The van der Waals surface area contributed by atoms with E-state index in [-0.39, 0.29) is 24.4 Å². The zero-order chi connectivity index (χ0) is 19.7. The average Bonchev–Trinajstić information content (AvgIpc) is 2.77. The monoisotopic (exact) mass is 403 g/mol. The third-order valence-corrected chi connectivity index (χ3v) is 6.51. The van der Waals surface area contributed by atoms with Crippen LogP contribution >= 0.6 is 11.8 Å². The Morgan fingerprint density at radius 3 is 2.86 bits per heavy atom. The summed E-state index contributed by atoms with van der Waals surface area (Å²) < 4.78 is 7.78. The molecule has 150 valence electrons. The molecule has 0 spiro atoms. The summed E-state index contributed by atoms with van der Waals surface area (Å²) in [6.07, 6.45) is 2.07. The van der Waals surface area contributed by atoms with E-state index < -0.39 is 5.97 Å². The molecule has 4 rings (SSSR count). The van der Waals surface area contributed by atoms with Gasteiger partial charge in [0.25, 0.3) is 0 Å². The first kappa shape index (κ1) is 19.3. The second-order valence-corrected chi connectivity index (χ2v) is 8.61. The Hall–Kier alpha value is -2.03. The van der Waals surface area contributed by atoms with Gasteiger partial charge in [0.1, 0.15) is 0 Å². The lowest BCUT2D eigenvalue weighted by molar-refractivity contribution is -0.139. The van der Waals surface area contributed by atoms with E-state index in [1.54, 1.807) is 11.8 Å². The lowest BCUT2D eigenvalue weighted by atomic mass is 10.1. The summed E-state index contributed by atoms with van der Waals surface area (Å²) in [5.41, 5.74) is 1.16. The molecule has 28 heavy (non-hydrogen) atoms. The number of aromatic nitrogens is 1. The van der Waals surface area contributed by atoms with Gasteiger partial charge in [0.05, 0.1) is 31.6 Å². The fourth-order valence-corrected chi connectivity index (χ4v) is 5.17. The fraction of sp³-hybridized carbons (Fsp3) is 0.500. The molecule has 2 fully saturated rings. The van der Waals surface area contributed by atoms with Gasteiger partial charge in [-0.05, 0) is 6.07 Å². The molecular formula is C20H25N3O4S. The van der Waals surface area contributed by atoms with Crippen molar-refractivity contribution in [1.29, 1.82) is 0 Å². The number of amides is 1. The Kier molecular flexibility index (Phi) is 5.61. The van der Waals surface area contributed by atoms with Gasteiger partial charge in [0.2, 0.25) is 5.91 Å². The summed E-state index contributed by atoms with van der Waals surface area (Å²) in [6.45, 7) is 2.87. The highest BCUT2D eigenvalue weighted by Crippen LogP contribution is 2.30. The highest BCUT2D eigenvalue weighted by molar-refractivity contribution is 8.00. The van der Waals surface area contributed by atoms with E-state index in [0.717, 1.165) is 15.8 Å². The molecule has 8 heteroatoms. The molecule has 2 aliphatic rings. The van der Waals surface area contributed by atoms with Crippen LogP contribution in [0.4, 0.5) is 0 Å². The minimum Gasteiger partial charge on any atom is -0.480 e. The molecule has 0 radical (unpaired) electrons. The molecule has 1 aromatic carbocycles. The summed E-state index contributed by atoms with van der Waals surface area (Å²) >= 11 is 1.57. The number of thioether (sulfide) groups is 1. The second-order valence-electron chi connectivity index (χ2n) is 7.59. The molecule has 2 saturated heterocycles. The maximum Gasteiger partial charge on any atom is 0.317 e. The first-order chi connectivity index (χ1) is 13.5. The molecule has 2 aromatic rings. The maximum absolute atomic E-state index is 12.9. The summed E-state index contributed by atoms with van der Waals surface area (Å²) in [6, 6.07) is 8.13. The quantitative estimate of drug-likeness (QED) is 0.763. The van der Waals surface area contributed by atoms with Gasteiger partial charge in [-0.3, -0.25) is 14.5 Å². The second kappa shape index (κ2) is 8.14. The number of benzene rings is 1. The highest BCUT2D eigenvalue weighted by atomic mass is 32.2. The number of carboxylic acids is 1. The molecule has 0 saturated carbocycles. The van der Waals surface area contributed by atoms with Crippen molar-refractivity contribution in [3.8, 4) is 0 Å². The van der Waals surface area contributed by atoms with Gasteiger partial charge in [-0.25, -0.2) is 0 Å². The molecule has 3 heterocycles. The van der Waals surface area contributed by atoms with Gasteiger partial charge < -0.3 is 19.3 Å². The zero-order valence-corrected chi connectivity index (χ0v) is 16.7. The molecule has 1 amide bonds. The van der Waals surface area contributed by atoms with Crippen LogP contribution < -0.4 is 0 Å². The van der Waals surface area contributed by atoms with Gasteiger partial charge in [0, 0.05) is 54.6 Å². The van der Waals surface area contributed by atoms with Crippen molar-refractivity contribution in [1.82, 2.24) is 14.4 Å². The number of nitrogens with zero attached hydrogens (tertiary/aromatic N) is 3. The SMILES string of the molecule is Cn1cc(SCC(=O)N2C[C@@H]3COC[C@H](C2)N(CC(=O)O)C3)c2ccccc21. The third kappa shape index (κ3) is 4.04. The van der Waals surface area contributed by atoms with Crippen molar-refractivity contribution in [2.75, 3.05) is 45.1 Å². The number of hydrogen-bond acceptors (Lipinski definition) is 5. The van der Waals surface area contributed by atoms with Crippen molar-refractivity contribution in [3.05, 3.63) is 30.5 Å². The number of carbonyl (C=O) groups excluding carboxylic acids is 1. The van der Waals surface area contributed by atoms with Crippen molar-refractivity contribution in [2.24, 2.45) is 13.0 Å². The number of ether oxygens (including phenoxy) is 1. The molecule has 1 N–H and O–H groups in total. The minimum absolute atomic E-state index is 0.00267.